The first-order valence-electron chi connectivity index (χ1n) is 6.32. The molecule has 0 aliphatic carbocycles. The summed E-state index contributed by atoms with van der Waals surface area (Å²) >= 11 is 0. The number of benzene rings is 1. The van der Waals surface area contributed by atoms with E-state index in [1.807, 2.05) is 13.8 Å². The monoisotopic (exact) mass is 248 g/mol. The molecule has 0 heterocycles. The van der Waals surface area contributed by atoms with Crippen molar-refractivity contribution in [3.8, 4) is 0 Å². The van der Waals surface area contributed by atoms with E-state index in [0.717, 1.165) is 0 Å². The molecule has 18 heavy (non-hydrogen) atoms. The van der Waals surface area contributed by atoms with Crippen molar-refractivity contribution in [3.63, 3.8) is 0 Å². The van der Waals surface area contributed by atoms with Gasteiger partial charge in [-0.25, -0.2) is 0 Å². The average molecular weight is 248 g/mol. The molecule has 3 N–H and O–H groups in total. The van der Waals surface area contributed by atoms with Gasteiger partial charge in [-0.05, 0) is 56.9 Å². The SMILES string of the molecule is Cc1ccc(CNC(=O)CC(C)(C)N)c(C)c1C. The summed E-state index contributed by atoms with van der Waals surface area (Å²) in [5, 5.41) is 2.92. The number of carbonyl (C=O) groups is 1. The molecule has 3 heteroatoms. The van der Waals surface area contributed by atoms with Gasteiger partial charge >= 0.3 is 0 Å². The fourth-order valence-corrected chi connectivity index (χ4v) is 1.87. The molecular weight excluding hydrogens is 224 g/mol. The van der Waals surface area contributed by atoms with Crippen LogP contribution in [0.5, 0.6) is 0 Å². The van der Waals surface area contributed by atoms with E-state index in [0.29, 0.717) is 13.0 Å². The third kappa shape index (κ3) is 4.15. The minimum atomic E-state index is -0.456. The van der Waals surface area contributed by atoms with Gasteiger partial charge in [-0.1, -0.05) is 12.1 Å². The van der Waals surface area contributed by atoms with E-state index in [2.05, 4.69) is 38.2 Å². The molecule has 0 aromatic heterocycles. The number of hydrogen-bond donors (Lipinski definition) is 2. The summed E-state index contributed by atoms with van der Waals surface area (Å²) in [6.07, 6.45) is 0.344. The van der Waals surface area contributed by atoms with Gasteiger partial charge in [-0.15, -0.1) is 0 Å². The van der Waals surface area contributed by atoms with Crippen LogP contribution in [0.3, 0.4) is 0 Å². The number of nitrogens with one attached hydrogen (secondary N) is 1. The van der Waals surface area contributed by atoms with E-state index >= 15 is 0 Å². The molecule has 0 bridgehead atoms. The molecule has 1 rings (SSSR count). The van der Waals surface area contributed by atoms with Crippen molar-refractivity contribution in [3.05, 3.63) is 34.4 Å². The lowest BCUT2D eigenvalue weighted by Crippen LogP contribution is -2.38. The van der Waals surface area contributed by atoms with Crippen molar-refractivity contribution in [2.45, 2.75) is 53.1 Å². The lowest BCUT2D eigenvalue weighted by molar-refractivity contribution is -0.122. The highest BCUT2D eigenvalue weighted by molar-refractivity contribution is 5.77. The highest BCUT2D eigenvalue weighted by Gasteiger charge is 2.16. The molecule has 3 nitrogen and oxygen atoms in total. The van der Waals surface area contributed by atoms with Crippen molar-refractivity contribution in [2.75, 3.05) is 0 Å². The van der Waals surface area contributed by atoms with Crippen LogP contribution < -0.4 is 11.1 Å². The molecule has 0 atom stereocenters. The van der Waals surface area contributed by atoms with E-state index in [9.17, 15) is 4.79 Å². The highest BCUT2D eigenvalue weighted by Crippen LogP contribution is 2.17. The van der Waals surface area contributed by atoms with Crippen molar-refractivity contribution in [1.29, 1.82) is 0 Å². The van der Waals surface area contributed by atoms with Crippen LogP contribution in [0.4, 0.5) is 0 Å². The van der Waals surface area contributed by atoms with Gasteiger partial charge in [0.2, 0.25) is 5.91 Å². The van der Waals surface area contributed by atoms with Gasteiger partial charge in [0.1, 0.15) is 0 Å². The van der Waals surface area contributed by atoms with E-state index < -0.39 is 5.54 Å². The molecule has 0 spiro atoms. The molecule has 1 aromatic rings. The fraction of sp³-hybridized carbons (Fsp3) is 0.533. The second-order valence-corrected chi connectivity index (χ2v) is 5.73. The van der Waals surface area contributed by atoms with Crippen LogP contribution in [-0.2, 0) is 11.3 Å². The van der Waals surface area contributed by atoms with Crippen LogP contribution in [0.2, 0.25) is 0 Å². The Hall–Kier alpha value is -1.35. The zero-order valence-corrected chi connectivity index (χ0v) is 12.1. The highest BCUT2D eigenvalue weighted by atomic mass is 16.1. The van der Waals surface area contributed by atoms with Gasteiger partial charge in [0, 0.05) is 18.5 Å². The number of hydrogen-bond acceptors (Lipinski definition) is 2. The van der Waals surface area contributed by atoms with Crippen LogP contribution in [0.15, 0.2) is 12.1 Å². The third-order valence-electron chi connectivity index (χ3n) is 3.26. The minimum absolute atomic E-state index is 0.000119. The van der Waals surface area contributed by atoms with E-state index in [1.165, 1.54) is 22.3 Å². The van der Waals surface area contributed by atoms with E-state index in [4.69, 9.17) is 5.73 Å². The molecule has 100 valence electrons. The van der Waals surface area contributed by atoms with Crippen molar-refractivity contribution < 1.29 is 4.79 Å². The smallest absolute Gasteiger partial charge is 0.222 e. The maximum absolute atomic E-state index is 11.7. The Morgan fingerprint density at radius 3 is 2.39 bits per heavy atom. The van der Waals surface area contributed by atoms with Crippen LogP contribution >= 0.6 is 0 Å². The van der Waals surface area contributed by atoms with Gasteiger partial charge in [0.25, 0.3) is 0 Å². The zero-order valence-electron chi connectivity index (χ0n) is 12.1. The maximum atomic E-state index is 11.7. The van der Waals surface area contributed by atoms with Crippen molar-refractivity contribution in [1.82, 2.24) is 5.32 Å². The molecule has 1 amide bonds. The summed E-state index contributed by atoms with van der Waals surface area (Å²) < 4.78 is 0. The van der Waals surface area contributed by atoms with Crippen LogP contribution in [0.1, 0.15) is 42.5 Å². The summed E-state index contributed by atoms with van der Waals surface area (Å²) in [4.78, 5) is 11.7. The minimum Gasteiger partial charge on any atom is -0.352 e. The Kier molecular flexibility index (Phi) is 4.52. The second-order valence-electron chi connectivity index (χ2n) is 5.73. The van der Waals surface area contributed by atoms with Gasteiger partial charge < -0.3 is 11.1 Å². The molecule has 0 saturated heterocycles. The Labute approximate surface area is 110 Å². The van der Waals surface area contributed by atoms with Crippen molar-refractivity contribution in [2.24, 2.45) is 5.73 Å². The lowest BCUT2D eigenvalue weighted by Gasteiger charge is -2.18. The first-order valence-corrected chi connectivity index (χ1v) is 6.32. The summed E-state index contributed by atoms with van der Waals surface area (Å²) in [7, 11) is 0. The average Bonchev–Trinajstić information content (AvgIpc) is 2.22. The summed E-state index contributed by atoms with van der Waals surface area (Å²) in [5.41, 5.74) is 10.4. The van der Waals surface area contributed by atoms with Crippen molar-refractivity contribution >= 4 is 5.91 Å². The first-order chi connectivity index (χ1) is 8.20. The normalized spacial score (nSPS) is 11.4. The molecular formula is C15H24N2O. The van der Waals surface area contributed by atoms with E-state index in [-0.39, 0.29) is 5.91 Å². The number of amides is 1. The Bertz CT molecular complexity index is 445. The number of carbonyl (C=O) groups excluding carboxylic acids is 1. The summed E-state index contributed by atoms with van der Waals surface area (Å²) in [6, 6.07) is 4.17. The molecule has 0 saturated carbocycles. The van der Waals surface area contributed by atoms with E-state index in [1.54, 1.807) is 0 Å². The fourth-order valence-electron chi connectivity index (χ4n) is 1.87. The standard InChI is InChI=1S/C15H24N2O/c1-10-6-7-13(12(3)11(10)2)9-17-14(18)8-15(4,5)16/h6-7H,8-9,16H2,1-5H3,(H,17,18). The number of aryl methyl sites for hydroxylation is 1. The first kappa shape index (κ1) is 14.7. The Balaban J connectivity index is 2.65. The Morgan fingerprint density at radius 1 is 1.22 bits per heavy atom. The molecule has 0 aliphatic rings. The lowest BCUT2D eigenvalue weighted by atomic mass is 9.98. The molecule has 0 radical (unpaired) electrons. The topological polar surface area (TPSA) is 55.1 Å². The van der Waals surface area contributed by atoms with Crippen LogP contribution in [-0.4, -0.2) is 11.4 Å². The third-order valence-corrected chi connectivity index (χ3v) is 3.26. The second kappa shape index (κ2) is 5.53. The quantitative estimate of drug-likeness (QED) is 0.859. The van der Waals surface area contributed by atoms with Gasteiger partial charge in [-0.2, -0.15) is 0 Å². The van der Waals surface area contributed by atoms with Gasteiger partial charge in [0.15, 0.2) is 0 Å². The number of nitrogens with two attached hydrogens (primary N) is 1. The van der Waals surface area contributed by atoms with Gasteiger partial charge in [0.05, 0.1) is 0 Å². The van der Waals surface area contributed by atoms with Gasteiger partial charge in [-0.3, -0.25) is 4.79 Å². The molecule has 0 fully saturated rings. The van der Waals surface area contributed by atoms with Crippen LogP contribution in [0, 0.1) is 20.8 Å². The molecule has 0 aliphatic heterocycles. The maximum Gasteiger partial charge on any atom is 0.222 e. The predicted octanol–water partition coefficient (Wildman–Crippen LogP) is 2.36. The predicted molar refractivity (Wildman–Crippen MR) is 75.4 cm³/mol. The molecule has 1 aromatic carbocycles. The van der Waals surface area contributed by atoms with Crippen LogP contribution in [0.25, 0.3) is 0 Å². The zero-order chi connectivity index (χ0) is 13.9. The Morgan fingerprint density at radius 2 is 1.83 bits per heavy atom. The summed E-state index contributed by atoms with van der Waals surface area (Å²) in [5.74, 6) is 0.000119. The largest absolute Gasteiger partial charge is 0.352 e. The summed E-state index contributed by atoms with van der Waals surface area (Å²) in [6.45, 7) is 10.6. The molecule has 0 unspecified atom stereocenters. The number of rotatable bonds is 4.